The maximum absolute atomic E-state index is 15.1. The Morgan fingerprint density at radius 3 is 2.03 bits per heavy atom. The second-order valence-corrected chi connectivity index (χ2v) is 10.3. The number of halogens is 4. The number of rotatable bonds is 5. The van der Waals surface area contributed by atoms with E-state index in [4.69, 9.17) is 4.74 Å². The molecule has 0 radical (unpaired) electrons. The minimum Gasteiger partial charge on any atom is -0.345 e. The quantitative estimate of drug-likeness (QED) is 0.250. The Morgan fingerprint density at radius 2 is 1.39 bits per heavy atom. The zero-order valence-corrected chi connectivity index (χ0v) is 20.6. The van der Waals surface area contributed by atoms with Crippen molar-refractivity contribution in [1.82, 2.24) is 4.90 Å². The molecule has 0 saturated carbocycles. The van der Waals surface area contributed by atoms with Gasteiger partial charge in [-0.05, 0) is 52.8 Å². The van der Waals surface area contributed by atoms with Crippen molar-refractivity contribution in [3.8, 4) is 0 Å². The summed E-state index contributed by atoms with van der Waals surface area (Å²) in [7, 11) is 0. The number of ether oxygens (including phenoxy) is 1. The molecule has 6 heteroatoms. The zero-order chi connectivity index (χ0) is 26.3. The van der Waals surface area contributed by atoms with Gasteiger partial charge in [-0.1, -0.05) is 97.1 Å². The molecule has 2 aliphatic rings. The number of benzene rings is 4. The largest absolute Gasteiger partial charge is 0.415 e. The lowest BCUT2D eigenvalue weighted by Gasteiger charge is -2.55. The van der Waals surface area contributed by atoms with Crippen LogP contribution in [0.4, 0.5) is 17.6 Å². The minimum atomic E-state index is -4.63. The predicted octanol–water partition coefficient (Wildman–Crippen LogP) is 7.81. The van der Waals surface area contributed by atoms with Gasteiger partial charge >= 0.3 is 6.18 Å². The first kappa shape index (κ1) is 24.8. The van der Waals surface area contributed by atoms with Gasteiger partial charge in [-0.15, -0.1) is 0 Å². The maximum Gasteiger partial charge on any atom is 0.415 e. The summed E-state index contributed by atoms with van der Waals surface area (Å²) >= 11 is 0. The van der Waals surface area contributed by atoms with Crippen LogP contribution in [0.5, 0.6) is 0 Å². The molecule has 194 valence electrons. The number of alkyl halides is 3. The first-order chi connectivity index (χ1) is 18.3. The molecule has 6 rings (SSSR count). The van der Waals surface area contributed by atoms with Crippen LogP contribution < -0.4 is 0 Å². The molecule has 4 aromatic carbocycles. The highest BCUT2D eigenvalue weighted by atomic mass is 19.4. The highest BCUT2D eigenvalue weighted by molar-refractivity contribution is 5.42. The van der Waals surface area contributed by atoms with E-state index in [9.17, 15) is 4.39 Å². The summed E-state index contributed by atoms with van der Waals surface area (Å²) in [5.74, 6) is -0.448. The molecule has 0 amide bonds. The molecule has 1 aliphatic heterocycles. The maximum atomic E-state index is 15.1. The van der Waals surface area contributed by atoms with E-state index in [0.717, 1.165) is 16.7 Å². The van der Waals surface area contributed by atoms with Crippen LogP contribution in [0.2, 0.25) is 0 Å². The van der Waals surface area contributed by atoms with Crippen LogP contribution in [-0.4, -0.2) is 17.2 Å². The van der Waals surface area contributed by atoms with Crippen LogP contribution in [0.25, 0.3) is 0 Å². The predicted molar refractivity (Wildman–Crippen MR) is 138 cm³/mol. The lowest BCUT2D eigenvalue weighted by atomic mass is 9.68. The van der Waals surface area contributed by atoms with Crippen LogP contribution in [0, 0.1) is 11.2 Å². The van der Waals surface area contributed by atoms with Crippen molar-refractivity contribution >= 4 is 0 Å². The monoisotopic (exact) mass is 517 g/mol. The highest BCUT2D eigenvalue weighted by Crippen LogP contribution is 2.62. The topological polar surface area (TPSA) is 12.5 Å². The van der Waals surface area contributed by atoms with Crippen molar-refractivity contribution in [3.63, 3.8) is 0 Å². The third-order valence-corrected chi connectivity index (χ3v) is 7.85. The van der Waals surface area contributed by atoms with Gasteiger partial charge < -0.3 is 4.74 Å². The van der Waals surface area contributed by atoms with E-state index in [1.165, 1.54) is 12.1 Å². The number of hydrogen-bond donors (Lipinski definition) is 0. The van der Waals surface area contributed by atoms with Gasteiger partial charge in [0.05, 0.1) is 0 Å². The van der Waals surface area contributed by atoms with Crippen molar-refractivity contribution in [1.29, 1.82) is 0 Å². The second-order valence-electron chi connectivity index (χ2n) is 10.3. The molecule has 4 atom stereocenters. The molecular formula is C32H27F4NO. The average Bonchev–Trinajstić information content (AvgIpc) is 3.23. The Hall–Kier alpha value is -3.48. The minimum absolute atomic E-state index is 0.0661. The van der Waals surface area contributed by atoms with E-state index < -0.39 is 35.8 Å². The smallest absolute Gasteiger partial charge is 0.345 e. The second kappa shape index (κ2) is 9.68. The van der Waals surface area contributed by atoms with Crippen molar-refractivity contribution < 1.29 is 22.3 Å². The van der Waals surface area contributed by atoms with Crippen molar-refractivity contribution in [2.24, 2.45) is 5.41 Å². The van der Waals surface area contributed by atoms with E-state index in [-0.39, 0.29) is 12.8 Å². The van der Waals surface area contributed by atoms with Crippen molar-refractivity contribution in [2.75, 3.05) is 0 Å². The Bertz CT molecular complexity index is 1390. The Balaban J connectivity index is 1.58. The van der Waals surface area contributed by atoms with E-state index in [0.29, 0.717) is 17.7 Å². The molecular weight excluding hydrogens is 490 g/mol. The summed E-state index contributed by atoms with van der Waals surface area (Å²) in [5.41, 5.74) is 2.37. The number of fused-ring (bicyclic) bond motifs is 3. The fourth-order valence-corrected chi connectivity index (χ4v) is 6.47. The normalized spacial score (nSPS) is 25.1. The summed E-state index contributed by atoms with van der Waals surface area (Å²) in [6, 6.07) is 31.8. The third kappa shape index (κ3) is 4.42. The van der Waals surface area contributed by atoms with Gasteiger partial charge in [-0.3, -0.25) is 4.90 Å². The molecule has 0 spiro atoms. The SMILES string of the molecule is Fc1ccc2c(c1)C[C@]1(Cc3ccccc3)[C@@H](C(F)(F)F)O[C@@H](c3ccccc3)N(Cc3ccccc3)[C@H]21. The van der Waals surface area contributed by atoms with Gasteiger partial charge in [0.2, 0.25) is 0 Å². The van der Waals surface area contributed by atoms with E-state index in [1.54, 1.807) is 18.2 Å². The Morgan fingerprint density at radius 1 is 0.789 bits per heavy atom. The van der Waals surface area contributed by atoms with E-state index in [2.05, 4.69) is 0 Å². The van der Waals surface area contributed by atoms with Crippen molar-refractivity contribution in [2.45, 2.75) is 43.9 Å². The van der Waals surface area contributed by atoms with Gasteiger partial charge in [0.1, 0.15) is 12.0 Å². The van der Waals surface area contributed by atoms with Gasteiger partial charge in [0, 0.05) is 18.0 Å². The summed E-state index contributed by atoms with van der Waals surface area (Å²) in [6.07, 6.45) is -7.40. The van der Waals surface area contributed by atoms with Crippen LogP contribution in [-0.2, 0) is 24.1 Å². The molecule has 0 aromatic heterocycles. The highest BCUT2D eigenvalue weighted by Gasteiger charge is 2.66. The van der Waals surface area contributed by atoms with Gasteiger partial charge in [-0.2, -0.15) is 13.2 Å². The molecule has 0 unspecified atom stereocenters. The lowest BCUT2D eigenvalue weighted by molar-refractivity contribution is -0.330. The lowest BCUT2D eigenvalue weighted by Crippen LogP contribution is -2.60. The van der Waals surface area contributed by atoms with Crippen LogP contribution in [0.3, 0.4) is 0 Å². The molecule has 1 fully saturated rings. The summed E-state index contributed by atoms with van der Waals surface area (Å²) in [6.45, 7) is 0.378. The van der Waals surface area contributed by atoms with Crippen molar-refractivity contribution in [3.05, 3.63) is 143 Å². The Labute approximate surface area is 219 Å². The Kier molecular flexibility index (Phi) is 6.33. The number of nitrogens with zero attached hydrogens (tertiary/aromatic N) is 1. The third-order valence-electron chi connectivity index (χ3n) is 7.85. The standard InChI is InChI=1S/C32H27F4NO/c33-26-16-17-27-25(18-26)20-31(19-22-10-4-1-5-11-22)28(27)37(21-23-12-6-2-7-13-23)29(24-14-8-3-9-15-24)38-30(31)32(34,35)36/h1-18,28-30H,19-21H2/t28-,29+,30+,31+/m1/s1. The average molecular weight is 518 g/mol. The van der Waals surface area contributed by atoms with E-state index >= 15 is 13.2 Å². The fourth-order valence-electron chi connectivity index (χ4n) is 6.47. The first-order valence-corrected chi connectivity index (χ1v) is 12.7. The number of hydrogen-bond acceptors (Lipinski definition) is 2. The van der Waals surface area contributed by atoms with Gasteiger partial charge in [-0.25, -0.2) is 4.39 Å². The summed E-state index contributed by atoms with van der Waals surface area (Å²) in [4.78, 5) is 2.04. The van der Waals surface area contributed by atoms with E-state index in [1.807, 2.05) is 83.8 Å². The first-order valence-electron chi connectivity index (χ1n) is 12.7. The van der Waals surface area contributed by atoms with Gasteiger partial charge in [0.15, 0.2) is 6.10 Å². The van der Waals surface area contributed by atoms with Crippen LogP contribution in [0.15, 0.2) is 109 Å². The molecule has 2 nitrogen and oxygen atoms in total. The zero-order valence-electron chi connectivity index (χ0n) is 20.6. The molecule has 0 N–H and O–H groups in total. The summed E-state index contributed by atoms with van der Waals surface area (Å²) < 4.78 is 65.8. The molecule has 1 saturated heterocycles. The molecule has 38 heavy (non-hydrogen) atoms. The fraction of sp³-hybridized carbons (Fsp3) is 0.250. The van der Waals surface area contributed by atoms with Gasteiger partial charge in [0.25, 0.3) is 0 Å². The molecule has 1 heterocycles. The van der Waals surface area contributed by atoms with Crippen LogP contribution >= 0.6 is 0 Å². The molecule has 1 aliphatic carbocycles. The van der Waals surface area contributed by atoms with Crippen LogP contribution in [0.1, 0.15) is 40.1 Å². The summed E-state index contributed by atoms with van der Waals surface area (Å²) in [5, 5.41) is 0. The molecule has 4 aromatic rings. The molecule has 0 bridgehead atoms.